The molecule has 0 aliphatic rings. The summed E-state index contributed by atoms with van der Waals surface area (Å²) in [6.07, 6.45) is 3.36. The van der Waals surface area contributed by atoms with Crippen molar-refractivity contribution in [1.29, 1.82) is 0 Å². The molecular formula is C20H34N4. The van der Waals surface area contributed by atoms with Crippen molar-refractivity contribution in [3.05, 3.63) is 35.2 Å². The lowest BCUT2D eigenvalue weighted by Gasteiger charge is -2.15. The minimum absolute atomic E-state index is 0.602. The topological polar surface area (TPSA) is 61.9 Å². The molecule has 0 saturated carbocycles. The Morgan fingerprint density at radius 3 is 2.17 bits per heavy atom. The van der Waals surface area contributed by atoms with Crippen LogP contribution in [0.1, 0.15) is 50.6 Å². The highest BCUT2D eigenvalue weighted by molar-refractivity contribution is 5.41. The number of rotatable bonds is 8. The van der Waals surface area contributed by atoms with Crippen LogP contribution in [0.5, 0.6) is 0 Å². The predicted octanol–water partition coefficient (Wildman–Crippen LogP) is 4.39. The lowest BCUT2D eigenvalue weighted by atomic mass is 9.98. The van der Waals surface area contributed by atoms with Crippen LogP contribution < -0.4 is 11.5 Å². The normalized spacial score (nSPS) is 12.9. The molecule has 1 unspecified atom stereocenters. The second-order valence-electron chi connectivity index (χ2n) is 7.66. The first-order chi connectivity index (χ1) is 11.3. The lowest BCUT2D eigenvalue weighted by Crippen LogP contribution is -2.10. The summed E-state index contributed by atoms with van der Waals surface area (Å²) in [7, 11) is 0. The number of hydrogen-bond donors (Lipinski definition) is 2. The molecule has 2 aromatic rings. The van der Waals surface area contributed by atoms with Crippen LogP contribution in [0.2, 0.25) is 0 Å². The van der Waals surface area contributed by atoms with E-state index in [1.54, 1.807) is 0 Å². The number of aryl methyl sites for hydroxylation is 1. The molecule has 4 heteroatoms. The number of hydrogen-bond acceptors (Lipinski definition) is 2. The molecule has 24 heavy (non-hydrogen) atoms. The summed E-state index contributed by atoms with van der Waals surface area (Å²) in [6, 6.07) is 6.24. The molecule has 0 aliphatic heterocycles. The summed E-state index contributed by atoms with van der Waals surface area (Å²) >= 11 is 0. The highest BCUT2D eigenvalue weighted by Crippen LogP contribution is 2.24. The maximum absolute atomic E-state index is 6.24. The highest BCUT2D eigenvalue weighted by Gasteiger charge is 2.13. The Morgan fingerprint density at radius 2 is 1.58 bits per heavy atom. The van der Waals surface area contributed by atoms with E-state index in [2.05, 4.69) is 55.9 Å². The molecular weight excluding hydrogens is 296 g/mol. The van der Waals surface area contributed by atoms with Gasteiger partial charge in [0.25, 0.3) is 0 Å². The van der Waals surface area contributed by atoms with Gasteiger partial charge < -0.3 is 20.6 Å². The van der Waals surface area contributed by atoms with Crippen LogP contribution in [0, 0.1) is 25.7 Å². The molecule has 0 radical (unpaired) electrons. The zero-order chi connectivity index (χ0) is 17.9. The largest absolute Gasteiger partial charge is 0.385 e. The van der Waals surface area contributed by atoms with Gasteiger partial charge in [-0.1, -0.05) is 20.8 Å². The van der Waals surface area contributed by atoms with Crippen LogP contribution in [0.15, 0.2) is 18.2 Å². The van der Waals surface area contributed by atoms with Gasteiger partial charge in [0, 0.05) is 24.5 Å². The molecule has 134 valence electrons. The number of nitrogens with two attached hydrogens (primary N) is 2. The lowest BCUT2D eigenvalue weighted by molar-refractivity contribution is 0.475. The van der Waals surface area contributed by atoms with Crippen molar-refractivity contribution < 1.29 is 0 Å². The first-order valence-electron chi connectivity index (χ1n) is 9.15. The zero-order valence-electron chi connectivity index (χ0n) is 16.0. The molecule has 4 N–H and O–H groups in total. The van der Waals surface area contributed by atoms with E-state index >= 15 is 0 Å². The minimum Gasteiger partial charge on any atom is -0.385 e. The van der Waals surface area contributed by atoms with Crippen LogP contribution in [-0.2, 0) is 19.5 Å². The summed E-state index contributed by atoms with van der Waals surface area (Å²) in [4.78, 5) is 0. The van der Waals surface area contributed by atoms with Crippen molar-refractivity contribution in [2.45, 2.75) is 67.0 Å². The highest BCUT2D eigenvalue weighted by atomic mass is 15.1. The molecule has 0 fully saturated rings. The summed E-state index contributed by atoms with van der Waals surface area (Å²) in [5.41, 5.74) is 16.2. The fraction of sp³-hybridized carbons (Fsp3) is 0.600. The molecule has 2 aromatic heterocycles. The van der Waals surface area contributed by atoms with Gasteiger partial charge in [0.1, 0.15) is 11.6 Å². The van der Waals surface area contributed by atoms with Crippen molar-refractivity contribution in [2.75, 3.05) is 11.5 Å². The summed E-state index contributed by atoms with van der Waals surface area (Å²) < 4.78 is 4.47. The third kappa shape index (κ3) is 4.37. The SMILES string of the molecule is Cc1ccc(N)n1CCC(C)Cc1cc(N)n(CCC(C)C)c1C. The quantitative estimate of drug-likeness (QED) is 0.754. The first-order valence-corrected chi connectivity index (χ1v) is 9.15. The predicted molar refractivity (Wildman–Crippen MR) is 104 cm³/mol. The maximum Gasteiger partial charge on any atom is 0.103 e. The Bertz CT molecular complexity index is 644. The number of nitrogens with zero attached hydrogens (tertiary/aromatic N) is 2. The van der Waals surface area contributed by atoms with Gasteiger partial charge in [0.05, 0.1) is 0 Å². The van der Waals surface area contributed by atoms with Crippen molar-refractivity contribution >= 4 is 11.6 Å². The van der Waals surface area contributed by atoms with Gasteiger partial charge in [-0.05, 0) is 68.7 Å². The number of aromatic nitrogens is 2. The number of anilines is 2. The van der Waals surface area contributed by atoms with Crippen LogP contribution in [0.4, 0.5) is 11.6 Å². The average molecular weight is 331 g/mol. The second kappa shape index (κ2) is 7.82. The van der Waals surface area contributed by atoms with E-state index in [-0.39, 0.29) is 0 Å². The summed E-state index contributed by atoms with van der Waals surface area (Å²) in [6.45, 7) is 13.1. The van der Waals surface area contributed by atoms with Crippen LogP contribution >= 0.6 is 0 Å². The minimum atomic E-state index is 0.602. The average Bonchev–Trinajstić information content (AvgIpc) is 2.95. The van der Waals surface area contributed by atoms with Gasteiger partial charge in [-0.15, -0.1) is 0 Å². The summed E-state index contributed by atoms with van der Waals surface area (Å²) in [5.74, 6) is 3.06. The van der Waals surface area contributed by atoms with E-state index in [1.165, 1.54) is 23.4 Å². The van der Waals surface area contributed by atoms with Gasteiger partial charge in [-0.2, -0.15) is 0 Å². The summed E-state index contributed by atoms with van der Waals surface area (Å²) in [5, 5.41) is 0. The van der Waals surface area contributed by atoms with E-state index in [1.807, 2.05) is 6.07 Å². The second-order valence-corrected chi connectivity index (χ2v) is 7.66. The molecule has 0 aromatic carbocycles. The van der Waals surface area contributed by atoms with Crippen LogP contribution in [-0.4, -0.2) is 9.13 Å². The Balaban J connectivity index is 1.96. The van der Waals surface area contributed by atoms with Gasteiger partial charge >= 0.3 is 0 Å². The molecule has 0 aliphatic carbocycles. The molecule has 4 nitrogen and oxygen atoms in total. The van der Waals surface area contributed by atoms with Gasteiger partial charge in [0.2, 0.25) is 0 Å². The Kier molecular flexibility index (Phi) is 6.03. The van der Waals surface area contributed by atoms with Gasteiger partial charge in [-0.25, -0.2) is 0 Å². The van der Waals surface area contributed by atoms with Crippen molar-refractivity contribution in [3.63, 3.8) is 0 Å². The van der Waals surface area contributed by atoms with Crippen LogP contribution in [0.25, 0.3) is 0 Å². The van der Waals surface area contributed by atoms with Crippen molar-refractivity contribution in [1.82, 2.24) is 9.13 Å². The Labute approximate surface area is 146 Å². The molecule has 0 amide bonds. The Hall–Kier alpha value is -1.84. The first kappa shape index (κ1) is 18.5. The smallest absolute Gasteiger partial charge is 0.103 e. The Morgan fingerprint density at radius 1 is 0.917 bits per heavy atom. The van der Waals surface area contributed by atoms with Crippen molar-refractivity contribution in [3.8, 4) is 0 Å². The molecule has 2 heterocycles. The molecule has 0 spiro atoms. The third-order valence-corrected chi connectivity index (χ3v) is 5.08. The van der Waals surface area contributed by atoms with Gasteiger partial charge in [0.15, 0.2) is 0 Å². The van der Waals surface area contributed by atoms with Gasteiger partial charge in [-0.3, -0.25) is 0 Å². The molecule has 1 atom stereocenters. The van der Waals surface area contributed by atoms with E-state index in [0.717, 1.165) is 37.6 Å². The molecule has 0 saturated heterocycles. The monoisotopic (exact) mass is 330 g/mol. The van der Waals surface area contributed by atoms with E-state index in [0.29, 0.717) is 11.8 Å². The van der Waals surface area contributed by atoms with Crippen molar-refractivity contribution in [2.24, 2.45) is 11.8 Å². The van der Waals surface area contributed by atoms with E-state index in [9.17, 15) is 0 Å². The van der Waals surface area contributed by atoms with Crippen LogP contribution in [0.3, 0.4) is 0 Å². The van der Waals surface area contributed by atoms with E-state index in [4.69, 9.17) is 11.5 Å². The third-order valence-electron chi connectivity index (χ3n) is 5.08. The fourth-order valence-electron chi connectivity index (χ4n) is 3.34. The molecule has 0 bridgehead atoms. The van der Waals surface area contributed by atoms with E-state index < -0.39 is 0 Å². The number of nitrogen functional groups attached to an aromatic ring is 2. The standard InChI is InChI=1S/C20H34N4/c1-14(2)8-10-24-17(5)18(13-20(24)22)12-15(3)9-11-23-16(4)6-7-19(23)21/h6-7,13-15H,8-12,21-22H2,1-5H3. The molecule has 2 rings (SSSR count). The fourth-order valence-corrected chi connectivity index (χ4v) is 3.34. The zero-order valence-corrected chi connectivity index (χ0v) is 16.0. The maximum atomic E-state index is 6.24.